The normalized spacial score (nSPS) is 21.7. The van der Waals surface area contributed by atoms with Gasteiger partial charge in [0.15, 0.2) is 0 Å². The van der Waals surface area contributed by atoms with Gasteiger partial charge in [-0.05, 0) is 54.1 Å². The lowest BCUT2D eigenvalue weighted by Gasteiger charge is -2.32. The molecule has 118 valence electrons. The highest BCUT2D eigenvalue weighted by Crippen LogP contribution is 2.36. The van der Waals surface area contributed by atoms with Crippen LogP contribution in [0.2, 0.25) is 0 Å². The topological polar surface area (TPSA) is 48.3 Å². The summed E-state index contributed by atoms with van der Waals surface area (Å²) in [6.07, 6.45) is 6.06. The maximum Gasteiger partial charge on any atom is 0.498 e. The van der Waals surface area contributed by atoms with Gasteiger partial charge >= 0.3 is 7.12 Å². The van der Waals surface area contributed by atoms with Crippen LogP contribution in [0.1, 0.15) is 53.5 Å². The third-order valence-corrected chi connectivity index (χ3v) is 4.72. The Bertz CT molecular complexity index is 457. The van der Waals surface area contributed by atoms with Crippen molar-refractivity contribution in [1.82, 2.24) is 15.1 Å². The molecule has 0 spiro atoms. The summed E-state index contributed by atoms with van der Waals surface area (Å²) in [4.78, 5) is 0. The van der Waals surface area contributed by atoms with Gasteiger partial charge in [-0.25, -0.2) is 0 Å². The first kappa shape index (κ1) is 16.5. The molecule has 0 aliphatic carbocycles. The summed E-state index contributed by atoms with van der Waals surface area (Å²) < 4.78 is 14.2. The van der Waals surface area contributed by atoms with E-state index in [9.17, 15) is 0 Å². The van der Waals surface area contributed by atoms with E-state index < -0.39 is 0 Å². The first-order valence-electron chi connectivity index (χ1n) is 7.85. The van der Waals surface area contributed by atoms with Crippen molar-refractivity contribution >= 4 is 12.6 Å². The summed E-state index contributed by atoms with van der Waals surface area (Å²) in [7, 11) is 1.65. The van der Waals surface area contributed by atoms with E-state index in [0.717, 1.165) is 24.8 Å². The molecule has 1 fully saturated rings. The van der Waals surface area contributed by atoms with Crippen LogP contribution in [0.5, 0.6) is 0 Å². The second-order valence-corrected chi connectivity index (χ2v) is 6.80. The second-order valence-electron chi connectivity index (χ2n) is 6.80. The molecule has 0 radical (unpaired) electrons. The fourth-order valence-corrected chi connectivity index (χ4v) is 2.49. The van der Waals surface area contributed by atoms with Gasteiger partial charge in [-0.1, -0.05) is 6.92 Å². The average Bonchev–Trinajstić information content (AvgIpc) is 2.95. The highest BCUT2D eigenvalue weighted by molar-refractivity contribution is 6.61. The van der Waals surface area contributed by atoms with Crippen LogP contribution in [0.15, 0.2) is 12.4 Å². The van der Waals surface area contributed by atoms with Crippen molar-refractivity contribution in [2.45, 2.75) is 64.7 Å². The minimum Gasteiger partial charge on any atom is -0.399 e. The molecule has 1 saturated heterocycles. The van der Waals surface area contributed by atoms with E-state index in [1.54, 1.807) is 0 Å². The molecule has 0 amide bonds. The van der Waals surface area contributed by atoms with Crippen LogP contribution in [0.25, 0.3) is 0 Å². The summed E-state index contributed by atoms with van der Waals surface area (Å²) >= 11 is 0. The van der Waals surface area contributed by atoms with Crippen molar-refractivity contribution < 1.29 is 9.31 Å². The molecule has 1 aliphatic rings. The molecular weight excluding hydrogens is 265 g/mol. The molecule has 6 heteroatoms. The minimum absolute atomic E-state index is 0.309. The smallest absolute Gasteiger partial charge is 0.399 e. The zero-order valence-electron chi connectivity index (χ0n) is 14.1. The maximum absolute atomic E-state index is 6.07. The quantitative estimate of drug-likeness (QED) is 0.812. The molecule has 1 unspecified atom stereocenters. The summed E-state index contributed by atoms with van der Waals surface area (Å²) in [5.41, 5.74) is 0.378. The Morgan fingerprint density at radius 3 is 2.43 bits per heavy atom. The van der Waals surface area contributed by atoms with Crippen LogP contribution in [-0.2, 0) is 9.31 Å². The van der Waals surface area contributed by atoms with Crippen molar-refractivity contribution in [2.75, 3.05) is 13.6 Å². The molecule has 1 aromatic rings. The molecular formula is C15H28BN3O2. The van der Waals surface area contributed by atoms with Crippen molar-refractivity contribution in [2.24, 2.45) is 0 Å². The molecule has 1 N–H and O–H groups in total. The minimum atomic E-state index is -0.328. The van der Waals surface area contributed by atoms with Gasteiger partial charge < -0.3 is 14.6 Å². The molecule has 2 rings (SSSR count). The predicted molar refractivity (Wildman–Crippen MR) is 85.8 cm³/mol. The Hall–Kier alpha value is -0.845. The van der Waals surface area contributed by atoms with Crippen LogP contribution in [0, 0.1) is 0 Å². The Balaban J connectivity index is 2.10. The standard InChI is InChI=1S/C15H28BN3O2/c1-7-13(8-9-17-6)19-11-12(10-18-19)16-20-14(2,3)15(4,5)21-16/h10-11,13,17H,7-9H2,1-6H3. The van der Waals surface area contributed by atoms with Gasteiger partial charge in [0.05, 0.1) is 17.2 Å². The largest absolute Gasteiger partial charge is 0.498 e. The number of nitrogens with one attached hydrogen (secondary N) is 1. The fourth-order valence-electron chi connectivity index (χ4n) is 2.49. The van der Waals surface area contributed by atoms with Crippen molar-refractivity contribution in [3.05, 3.63) is 12.4 Å². The third kappa shape index (κ3) is 3.33. The van der Waals surface area contributed by atoms with E-state index >= 15 is 0 Å². The molecule has 5 nitrogen and oxygen atoms in total. The van der Waals surface area contributed by atoms with Crippen LogP contribution in [0.4, 0.5) is 0 Å². The number of aromatic nitrogens is 2. The molecule has 1 atom stereocenters. The van der Waals surface area contributed by atoms with Gasteiger partial charge in [-0.2, -0.15) is 5.10 Å². The molecule has 1 aliphatic heterocycles. The van der Waals surface area contributed by atoms with Crippen LogP contribution in [0.3, 0.4) is 0 Å². The number of hydrogen-bond acceptors (Lipinski definition) is 4. The van der Waals surface area contributed by atoms with E-state index in [4.69, 9.17) is 9.31 Å². The van der Waals surface area contributed by atoms with Gasteiger partial charge in [0.1, 0.15) is 0 Å². The molecule has 21 heavy (non-hydrogen) atoms. The van der Waals surface area contributed by atoms with Gasteiger partial charge in [-0.15, -0.1) is 0 Å². The average molecular weight is 293 g/mol. The summed E-state index contributed by atoms with van der Waals surface area (Å²) in [5, 5.41) is 7.70. The Morgan fingerprint density at radius 1 is 1.29 bits per heavy atom. The third-order valence-electron chi connectivity index (χ3n) is 4.72. The summed E-state index contributed by atoms with van der Waals surface area (Å²) in [6, 6.07) is 0.411. The molecule has 2 heterocycles. The highest BCUT2D eigenvalue weighted by Gasteiger charge is 2.52. The van der Waals surface area contributed by atoms with E-state index in [0.29, 0.717) is 6.04 Å². The SMILES string of the molecule is CCC(CCNC)n1cc(B2OC(C)(C)C(C)(C)O2)cn1. The highest BCUT2D eigenvalue weighted by atomic mass is 16.7. The van der Waals surface area contributed by atoms with E-state index in [1.165, 1.54) is 0 Å². The van der Waals surface area contributed by atoms with Crippen molar-refractivity contribution in [1.29, 1.82) is 0 Å². The van der Waals surface area contributed by atoms with Gasteiger partial charge in [0.25, 0.3) is 0 Å². The van der Waals surface area contributed by atoms with E-state index in [1.807, 2.05) is 17.9 Å². The zero-order chi connectivity index (χ0) is 15.7. The molecule has 0 aromatic carbocycles. The van der Waals surface area contributed by atoms with Crippen molar-refractivity contribution in [3.63, 3.8) is 0 Å². The summed E-state index contributed by atoms with van der Waals surface area (Å²) in [6.45, 7) is 11.5. The second kappa shape index (κ2) is 6.11. The lowest BCUT2D eigenvalue weighted by Crippen LogP contribution is -2.41. The Kier molecular flexibility index (Phi) is 4.80. The number of hydrogen-bond donors (Lipinski definition) is 1. The fraction of sp³-hybridized carbons (Fsp3) is 0.800. The zero-order valence-corrected chi connectivity index (χ0v) is 14.1. The lowest BCUT2D eigenvalue weighted by molar-refractivity contribution is 0.00578. The predicted octanol–water partition coefficient (Wildman–Crippen LogP) is 1.74. The van der Waals surface area contributed by atoms with Crippen LogP contribution in [-0.4, -0.2) is 41.7 Å². The number of rotatable bonds is 6. The Labute approximate surface area is 128 Å². The lowest BCUT2D eigenvalue weighted by atomic mass is 9.82. The maximum atomic E-state index is 6.07. The molecule has 1 aromatic heterocycles. The molecule has 0 bridgehead atoms. The van der Waals surface area contributed by atoms with Gasteiger partial charge in [0.2, 0.25) is 0 Å². The van der Waals surface area contributed by atoms with E-state index in [2.05, 4.69) is 51.2 Å². The molecule has 0 saturated carbocycles. The van der Waals surface area contributed by atoms with Crippen LogP contribution < -0.4 is 10.8 Å². The van der Waals surface area contributed by atoms with Gasteiger partial charge in [-0.3, -0.25) is 4.68 Å². The number of nitrogens with zero attached hydrogens (tertiary/aromatic N) is 2. The summed E-state index contributed by atoms with van der Waals surface area (Å²) in [5.74, 6) is 0. The van der Waals surface area contributed by atoms with E-state index in [-0.39, 0.29) is 18.3 Å². The Morgan fingerprint density at radius 2 is 1.90 bits per heavy atom. The van der Waals surface area contributed by atoms with Crippen molar-refractivity contribution in [3.8, 4) is 0 Å². The van der Waals surface area contributed by atoms with Crippen LogP contribution >= 0.6 is 0 Å². The first-order chi connectivity index (χ1) is 9.80. The monoisotopic (exact) mass is 293 g/mol. The van der Waals surface area contributed by atoms with Gasteiger partial charge in [0, 0.05) is 17.9 Å². The first-order valence-corrected chi connectivity index (χ1v) is 7.85.